The number of benzene rings is 1. The predicted molar refractivity (Wildman–Crippen MR) is 72.8 cm³/mol. The molecule has 0 aliphatic carbocycles. The summed E-state index contributed by atoms with van der Waals surface area (Å²) in [5, 5.41) is 13.6. The molecule has 0 aliphatic rings. The van der Waals surface area contributed by atoms with Crippen molar-refractivity contribution in [3.63, 3.8) is 0 Å². The molecule has 1 unspecified atom stereocenters. The highest BCUT2D eigenvalue weighted by molar-refractivity contribution is 5.44. The van der Waals surface area contributed by atoms with E-state index in [0.29, 0.717) is 12.4 Å². The molecule has 6 nitrogen and oxygen atoms in total. The third-order valence-corrected chi connectivity index (χ3v) is 2.69. The van der Waals surface area contributed by atoms with Gasteiger partial charge < -0.3 is 11.1 Å². The lowest BCUT2D eigenvalue weighted by molar-refractivity contribution is -0.384. The second kappa shape index (κ2) is 5.92. The monoisotopic (exact) mass is 258 g/mol. The fraction of sp³-hybridized carbons (Fsp3) is 0.154. The van der Waals surface area contributed by atoms with Crippen LogP contribution >= 0.6 is 0 Å². The molecule has 0 bridgehead atoms. The summed E-state index contributed by atoms with van der Waals surface area (Å²) in [7, 11) is 0. The molecule has 98 valence electrons. The average molecular weight is 258 g/mol. The van der Waals surface area contributed by atoms with Gasteiger partial charge in [0.05, 0.1) is 11.0 Å². The molecule has 0 fully saturated rings. The second-order valence-electron chi connectivity index (χ2n) is 4.05. The molecular weight excluding hydrogens is 244 g/mol. The van der Waals surface area contributed by atoms with Crippen LogP contribution in [0.5, 0.6) is 0 Å². The van der Waals surface area contributed by atoms with Gasteiger partial charge in [-0.25, -0.2) is 4.98 Å². The van der Waals surface area contributed by atoms with Crippen LogP contribution in [0, 0.1) is 10.1 Å². The van der Waals surface area contributed by atoms with Crippen LogP contribution in [-0.2, 0) is 0 Å². The molecule has 1 heterocycles. The molecule has 0 radical (unpaired) electrons. The van der Waals surface area contributed by atoms with E-state index in [2.05, 4.69) is 10.3 Å². The van der Waals surface area contributed by atoms with Crippen molar-refractivity contribution in [3.8, 4) is 0 Å². The van der Waals surface area contributed by atoms with Crippen LogP contribution in [0.25, 0.3) is 0 Å². The predicted octanol–water partition coefficient (Wildman–Crippen LogP) is 2.10. The van der Waals surface area contributed by atoms with Gasteiger partial charge in [0.1, 0.15) is 5.82 Å². The van der Waals surface area contributed by atoms with Crippen molar-refractivity contribution >= 4 is 11.5 Å². The van der Waals surface area contributed by atoms with Crippen LogP contribution in [0.2, 0.25) is 0 Å². The van der Waals surface area contributed by atoms with E-state index < -0.39 is 4.92 Å². The maximum Gasteiger partial charge on any atom is 0.274 e. The topological polar surface area (TPSA) is 94.1 Å². The maximum absolute atomic E-state index is 10.6. The summed E-state index contributed by atoms with van der Waals surface area (Å²) in [5.41, 5.74) is 7.02. The molecule has 0 saturated carbocycles. The molecule has 1 aromatic heterocycles. The van der Waals surface area contributed by atoms with E-state index in [9.17, 15) is 10.1 Å². The summed E-state index contributed by atoms with van der Waals surface area (Å²) in [5.74, 6) is 0.445. The first-order chi connectivity index (χ1) is 9.16. The summed E-state index contributed by atoms with van der Waals surface area (Å²) in [6, 6.07) is 12.2. The van der Waals surface area contributed by atoms with Gasteiger partial charge in [0.25, 0.3) is 5.69 Å². The number of nitrogens with zero attached hydrogens (tertiary/aromatic N) is 2. The van der Waals surface area contributed by atoms with Crippen LogP contribution in [-0.4, -0.2) is 16.5 Å². The molecular formula is C13H14N4O2. The Kier molecular flexibility index (Phi) is 4.04. The van der Waals surface area contributed by atoms with Crippen LogP contribution < -0.4 is 11.1 Å². The largest absolute Gasteiger partial charge is 0.368 e. The van der Waals surface area contributed by atoms with Crippen molar-refractivity contribution in [2.45, 2.75) is 6.04 Å². The highest BCUT2D eigenvalue weighted by Gasteiger charge is 2.08. The summed E-state index contributed by atoms with van der Waals surface area (Å²) in [6.45, 7) is 0.457. The molecule has 3 N–H and O–H groups in total. The van der Waals surface area contributed by atoms with Gasteiger partial charge in [-0.3, -0.25) is 10.1 Å². The average Bonchev–Trinajstić information content (AvgIpc) is 2.46. The zero-order valence-electron chi connectivity index (χ0n) is 10.2. The summed E-state index contributed by atoms with van der Waals surface area (Å²) in [6.07, 6.45) is 1.40. The zero-order chi connectivity index (χ0) is 13.7. The Morgan fingerprint density at radius 1 is 1.32 bits per heavy atom. The minimum Gasteiger partial charge on any atom is -0.368 e. The van der Waals surface area contributed by atoms with Gasteiger partial charge in [-0.15, -0.1) is 0 Å². The SMILES string of the molecule is NC(CNc1cc([N+](=O)[O-])ccn1)c1ccccc1. The first-order valence-corrected chi connectivity index (χ1v) is 5.81. The van der Waals surface area contributed by atoms with Gasteiger partial charge in [-0.05, 0) is 5.56 Å². The van der Waals surface area contributed by atoms with Gasteiger partial charge in [-0.2, -0.15) is 0 Å². The Hall–Kier alpha value is -2.47. The zero-order valence-corrected chi connectivity index (χ0v) is 10.2. The van der Waals surface area contributed by atoms with E-state index in [-0.39, 0.29) is 11.7 Å². The summed E-state index contributed by atoms with van der Waals surface area (Å²) in [4.78, 5) is 14.2. The highest BCUT2D eigenvalue weighted by Crippen LogP contribution is 2.15. The fourth-order valence-electron chi connectivity index (χ4n) is 1.66. The second-order valence-corrected chi connectivity index (χ2v) is 4.05. The van der Waals surface area contributed by atoms with E-state index in [4.69, 9.17) is 5.73 Å². The molecule has 2 aromatic rings. The Morgan fingerprint density at radius 2 is 2.05 bits per heavy atom. The third kappa shape index (κ3) is 3.49. The highest BCUT2D eigenvalue weighted by atomic mass is 16.6. The molecule has 0 amide bonds. The third-order valence-electron chi connectivity index (χ3n) is 2.69. The normalized spacial score (nSPS) is 11.8. The molecule has 2 rings (SSSR count). The Labute approximate surface area is 110 Å². The van der Waals surface area contributed by atoms with Gasteiger partial charge in [-0.1, -0.05) is 30.3 Å². The van der Waals surface area contributed by atoms with E-state index in [0.717, 1.165) is 5.56 Å². The molecule has 0 saturated heterocycles. The number of nitrogens with two attached hydrogens (primary N) is 1. The number of aromatic nitrogens is 1. The summed E-state index contributed by atoms with van der Waals surface area (Å²) < 4.78 is 0. The quantitative estimate of drug-likeness (QED) is 0.632. The molecule has 0 aliphatic heterocycles. The number of hydrogen-bond acceptors (Lipinski definition) is 5. The summed E-state index contributed by atoms with van der Waals surface area (Å²) >= 11 is 0. The maximum atomic E-state index is 10.6. The van der Waals surface area contributed by atoms with Gasteiger partial charge in [0.15, 0.2) is 0 Å². The molecule has 0 spiro atoms. The van der Waals surface area contributed by atoms with Gasteiger partial charge in [0, 0.05) is 24.8 Å². The van der Waals surface area contributed by atoms with Crippen LogP contribution in [0.4, 0.5) is 11.5 Å². The van der Waals surface area contributed by atoms with Crippen molar-refractivity contribution in [1.82, 2.24) is 4.98 Å². The number of hydrogen-bond donors (Lipinski definition) is 2. The van der Waals surface area contributed by atoms with Crippen molar-refractivity contribution in [1.29, 1.82) is 0 Å². The van der Waals surface area contributed by atoms with Crippen molar-refractivity contribution in [2.24, 2.45) is 5.73 Å². The van der Waals surface area contributed by atoms with E-state index in [1.807, 2.05) is 30.3 Å². The minimum atomic E-state index is -0.454. The minimum absolute atomic E-state index is 0.00535. The van der Waals surface area contributed by atoms with Crippen LogP contribution in [0.15, 0.2) is 48.7 Å². The molecule has 19 heavy (non-hydrogen) atoms. The number of anilines is 1. The molecule has 1 aromatic carbocycles. The van der Waals surface area contributed by atoms with Gasteiger partial charge in [0.2, 0.25) is 0 Å². The van der Waals surface area contributed by atoms with Crippen molar-refractivity contribution in [3.05, 3.63) is 64.3 Å². The Morgan fingerprint density at radius 3 is 2.74 bits per heavy atom. The van der Waals surface area contributed by atoms with Crippen molar-refractivity contribution < 1.29 is 4.92 Å². The van der Waals surface area contributed by atoms with Crippen LogP contribution in [0.3, 0.4) is 0 Å². The smallest absolute Gasteiger partial charge is 0.274 e. The van der Waals surface area contributed by atoms with E-state index >= 15 is 0 Å². The Bertz CT molecular complexity index is 560. The van der Waals surface area contributed by atoms with Crippen molar-refractivity contribution in [2.75, 3.05) is 11.9 Å². The lowest BCUT2D eigenvalue weighted by atomic mass is 10.1. The standard InChI is InChI=1S/C13H14N4O2/c14-12(10-4-2-1-3-5-10)9-16-13-8-11(17(18)19)6-7-15-13/h1-8,12H,9,14H2,(H,15,16). The number of nitro groups is 1. The molecule has 6 heteroatoms. The first-order valence-electron chi connectivity index (χ1n) is 5.81. The number of nitrogens with one attached hydrogen (secondary N) is 1. The number of pyridine rings is 1. The molecule has 1 atom stereocenters. The lowest BCUT2D eigenvalue weighted by Crippen LogP contribution is -2.20. The lowest BCUT2D eigenvalue weighted by Gasteiger charge is -2.13. The number of rotatable bonds is 5. The fourth-order valence-corrected chi connectivity index (χ4v) is 1.66. The van der Waals surface area contributed by atoms with E-state index in [1.54, 1.807) is 0 Å². The van der Waals surface area contributed by atoms with Crippen LogP contribution in [0.1, 0.15) is 11.6 Å². The first kappa shape index (κ1) is 13.0. The van der Waals surface area contributed by atoms with Gasteiger partial charge >= 0.3 is 0 Å². The van der Waals surface area contributed by atoms with E-state index in [1.165, 1.54) is 18.3 Å². The Balaban J connectivity index is 1.99.